The number of anilines is 1. The summed E-state index contributed by atoms with van der Waals surface area (Å²) in [7, 11) is 0. The first-order chi connectivity index (χ1) is 11.9. The van der Waals surface area contributed by atoms with E-state index < -0.39 is 0 Å². The predicted octanol–water partition coefficient (Wildman–Crippen LogP) is 1.15. The quantitative estimate of drug-likeness (QED) is 0.830. The zero-order valence-electron chi connectivity index (χ0n) is 15.2. The number of hydrogen-bond acceptors (Lipinski definition) is 6. The second kappa shape index (κ2) is 7.31. The topological polar surface area (TPSA) is 67.2 Å². The number of hydrogen-bond donors (Lipinski definition) is 0. The summed E-state index contributed by atoms with van der Waals surface area (Å²) in [6, 6.07) is 3.46. The molecule has 25 heavy (non-hydrogen) atoms. The van der Waals surface area contributed by atoms with E-state index in [-0.39, 0.29) is 11.0 Å². The molecular weight excluding hydrogens is 316 g/mol. The van der Waals surface area contributed by atoms with Gasteiger partial charge in [-0.25, -0.2) is 9.67 Å². The standard InChI is InChI=1S/C18H26N6O/c1-18(2,3)15-4-5-17(25)24(21-15)13-10-22-8-11-23(12-9-22)16-14-19-6-7-20-16/h4-7,14H,8-13H2,1-3H3. The molecule has 3 heterocycles. The highest BCUT2D eigenvalue weighted by atomic mass is 16.1. The Morgan fingerprint density at radius 1 is 1.04 bits per heavy atom. The van der Waals surface area contributed by atoms with Crippen molar-refractivity contribution >= 4 is 5.82 Å². The number of aromatic nitrogens is 4. The van der Waals surface area contributed by atoms with E-state index in [1.807, 2.05) is 6.07 Å². The van der Waals surface area contributed by atoms with Crippen LogP contribution in [0.5, 0.6) is 0 Å². The van der Waals surface area contributed by atoms with Crippen LogP contribution in [-0.2, 0) is 12.0 Å². The zero-order chi connectivity index (χ0) is 17.9. The van der Waals surface area contributed by atoms with E-state index in [0.717, 1.165) is 44.2 Å². The van der Waals surface area contributed by atoms with E-state index in [9.17, 15) is 4.79 Å². The first-order valence-corrected chi connectivity index (χ1v) is 8.75. The number of piperazine rings is 1. The van der Waals surface area contributed by atoms with Crippen molar-refractivity contribution in [3.8, 4) is 0 Å². The first kappa shape index (κ1) is 17.5. The third kappa shape index (κ3) is 4.42. The van der Waals surface area contributed by atoms with Gasteiger partial charge in [0.15, 0.2) is 0 Å². The molecule has 134 valence electrons. The van der Waals surface area contributed by atoms with E-state index in [1.165, 1.54) is 0 Å². The molecule has 0 aromatic carbocycles. The van der Waals surface area contributed by atoms with E-state index in [2.05, 4.69) is 45.6 Å². The molecule has 0 N–H and O–H groups in total. The molecule has 0 spiro atoms. The molecule has 0 saturated carbocycles. The molecule has 1 aliphatic heterocycles. The average Bonchev–Trinajstić information content (AvgIpc) is 2.61. The third-order valence-corrected chi connectivity index (χ3v) is 4.51. The third-order valence-electron chi connectivity index (χ3n) is 4.51. The minimum Gasteiger partial charge on any atom is -0.353 e. The molecule has 1 saturated heterocycles. The van der Waals surface area contributed by atoms with Gasteiger partial charge >= 0.3 is 0 Å². The van der Waals surface area contributed by atoms with Crippen LogP contribution in [0, 0.1) is 0 Å². The SMILES string of the molecule is CC(C)(C)c1ccc(=O)n(CCN2CCN(c3cnccn3)CC2)n1. The Balaban J connectivity index is 1.56. The van der Waals surface area contributed by atoms with Crippen LogP contribution in [0.4, 0.5) is 5.82 Å². The van der Waals surface area contributed by atoms with Crippen LogP contribution in [0.25, 0.3) is 0 Å². The molecule has 2 aromatic heterocycles. The normalized spacial score (nSPS) is 16.2. The highest BCUT2D eigenvalue weighted by Gasteiger charge is 2.19. The van der Waals surface area contributed by atoms with Crippen LogP contribution in [0.2, 0.25) is 0 Å². The lowest BCUT2D eigenvalue weighted by molar-refractivity contribution is 0.241. The van der Waals surface area contributed by atoms with Gasteiger partial charge in [-0.15, -0.1) is 0 Å². The summed E-state index contributed by atoms with van der Waals surface area (Å²) in [6.07, 6.45) is 5.22. The summed E-state index contributed by atoms with van der Waals surface area (Å²) < 4.78 is 1.59. The molecule has 1 fully saturated rings. The minimum atomic E-state index is -0.0577. The van der Waals surface area contributed by atoms with Gasteiger partial charge in [-0.05, 0) is 6.07 Å². The molecule has 7 nitrogen and oxygen atoms in total. The molecule has 0 aliphatic carbocycles. The van der Waals surface area contributed by atoms with Gasteiger partial charge < -0.3 is 4.90 Å². The van der Waals surface area contributed by atoms with Crippen molar-refractivity contribution in [2.24, 2.45) is 0 Å². The van der Waals surface area contributed by atoms with E-state index in [0.29, 0.717) is 6.54 Å². The fourth-order valence-corrected chi connectivity index (χ4v) is 2.90. The number of nitrogens with zero attached hydrogens (tertiary/aromatic N) is 6. The summed E-state index contributed by atoms with van der Waals surface area (Å²) in [5.74, 6) is 0.929. The summed E-state index contributed by atoms with van der Waals surface area (Å²) in [5.41, 5.74) is 0.850. The molecular formula is C18H26N6O. The van der Waals surface area contributed by atoms with Gasteiger partial charge in [-0.3, -0.25) is 14.7 Å². The Labute approximate surface area is 148 Å². The van der Waals surface area contributed by atoms with Crippen molar-refractivity contribution in [1.82, 2.24) is 24.6 Å². The lowest BCUT2D eigenvalue weighted by atomic mass is 9.92. The maximum Gasteiger partial charge on any atom is 0.266 e. The Kier molecular flexibility index (Phi) is 5.13. The smallest absolute Gasteiger partial charge is 0.266 e. The minimum absolute atomic E-state index is 0.0359. The van der Waals surface area contributed by atoms with Crippen molar-refractivity contribution in [2.75, 3.05) is 37.6 Å². The Hall–Kier alpha value is -2.28. The van der Waals surface area contributed by atoms with Gasteiger partial charge in [0.2, 0.25) is 0 Å². The molecule has 0 atom stereocenters. The number of rotatable bonds is 4. The maximum absolute atomic E-state index is 12.1. The molecule has 2 aromatic rings. The van der Waals surface area contributed by atoms with E-state index in [4.69, 9.17) is 0 Å². The van der Waals surface area contributed by atoms with E-state index >= 15 is 0 Å². The van der Waals surface area contributed by atoms with Crippen molar-refractivity contribution in [3.05, 3.63) is 46.8 Å². The van der Waals surface area contributed by atoms with Gasteiger partial charge in [-0.1, -0.05) is 20.8 Å². The summed E-state index contributed by atoms with van der Waals surface area (Å²) in [4.78, 5) is 25.2. The molecule has 0 amide bonds. The fraction of sp³-hybridized carbons (Fsp3) is 0.556. The van der Waals surface area contributed by atoms with E-state index in [1.54, 1.807) is 29.3 Å². The second-order valence-corrected chi connectivity index (χ2v) is 7.42. The largest absolute Gasteiger partial charge is 0.353 e. The highest BCUT2D eigenvalue weighted by Crippen LogP contribution is 2.18. The predicted molar refractivity (Wildman–Crippen MR) is 97.9 cm³/mol. The maximum atomic E-state index is 12.1. The molecule has 3 rings (SSSR count). The van der Waals surface area contributed by atoms with Crippen molar-refractivity contribution in [3.63, 3.8) is 0 Å². The summed E-state index contributed by atoms with van der Waals surface area (Å²) in [6.45, 7) is 11.5. The average molecular weight is 342 g/mol. The van der Waals surface area contributed by atoms with Crippen LogP contribution in [0.3, 0.4) is 0 Å². The first-order valence-electron chi connectivity index (χ1n) is 8.75. The lowest BCUT2D eigenvalue weighted by Crippen LogP contribution is -2.48. The highest BCUT2D eigenvalue weighted by molar-refractivity contribution is 5.35. The summed E-state index contributed by atoms with van der Waals surface area (Å²) in [5, 5.41) is 4.54. The fourth-order valence-electron chi connectivity index (χ4n) is 2.90. The van der Waals surface area contributed by atoms with Crippen LogP contribution in [-0.4, -0.2) is 57.4 Å². The van der Waals surface area contributed by atoms with Gasteiger partial charge in [-0.2, -0.15) is 5.10 Å². The molecule has 7 heteroatoms. The van der Waals surface area contributed by atoms with Crippen LogP contribution >= 0.6 is 0 Å². The van der Waals surface area contributed by atoms with Gasteiger partial charge in [0.1, 0.15) is 5.82 Å². The Bertz CT molecular complexity index is 744. The summed E-state index contributed by atoms with van der Waals surface area (Å²) >= 11 is 0. The second-order valence-electron chi connectivity index (χ2n) is 7.42. The van der Waals surface area contributed by atoms with Crippen LogP contribution in [0.1, 0.15) is 26.5 Å². The van der Waals surface area contributed by atoms with Gasteiger partial charge in [0.05, 0.1) is 18.4 Å². The van der Waals surface area contributed by atoms with Gasteiger partial charge in [0, 0.05) is 56.6 Å². The van der Waals surface area contributed by atoms with Crippen LogP contribution in [0.15, 0.2) is 35.5 Å². The van der Waals surface area contributed by atoms with Crippen molar-refractivity contribution in [1.29, 1.82) is 0 Å². The zero-order valence-corrected chi connectivity index (χ0v) is 15.2. The molecule has 1 aliphatic rings. The molecule has 0 bridgehead atoms. The monoisotopic (exact) mass is 342 g/mol. The Morgan fingerprint density at radius 3 is 2.44 bits per heavy atom. The lowest BCUT2D eigenvalue weighted by Gasteiger charge is -2.35. The van der Waals surface area contributed by atoms with Crippen LogP contribution < -0.4 is 10.5 Å². The van der Waals surface area contributed by atoms with Crippen molar-refractivity contribution < 1.29 is 0 Å². The molecule has 0 radical (unpaired) electrons. The van der Waals surface area contributed by atoms with Gasteiger partial charge in [0.25, 0.3) is 5.56 Å². The Morgan fingerprint density at radius 2 is 1.80 bits per heavy atom. The van der Waals surface area contributed by atoms with Crippen molar-refractivity contribution in [2.45, 2.75) is 32.7 Å². The molecule has 0 unspecified atom stereocenters.